The first-order chi connectivity index (χ1) is 9.54. The predicted octanol–water partition coefficient (Wildman–Crippen LogP) is 2.55. The molecule has 3 N–H and O–H groups in total. The summed E-state index contributed by atoms with van der Waals surface area (Å²) >= 11 is 1.49. The zero-order chi connectivity index (χ0) is 14.5. The Morgan fingerprint density at radius 1 is 1.15 bits per heavy atom. The van der Waals surface area contributed by atoms with Crippen LogP contribution < -0.4 is 5.32 Å². The highest BCUT2D eigenvalue weighted by Gasteiger charge is 2.09. The summed E-state index contributed by atoms with van der Waals surface area (Å²) in [7, 11) is 0. The molecule has 0 aliphatic rings. The van der Waals surface area contributed by atoms with E-state index >= 15 is 0 Å². The quantitative estimate of drug-likeness (QED) is 0.713. The van der Waals surface area contributed by atoms with Gasteiger partial charge in [0.05, 0.1) is 0 Å². The van der Waals surface area contributed by atoms with Gasteiger partial charge < -0.3 is 15.5 Å². The number of nitrogens with one attached hydrogen (secondary N) is 1. The van der Waals surface area contributed by atoms with Crippen molar-refractivity contribution >= 4 is 11.3 Å². The van der Waals surface area contributed by atoms with E-state index in [0.29, 0.717) is 16.6 Å². The molecule has 0 saturated heterocycles. The van der Waals surface area contributed by atoms with Crippen LogP contribution in [0, 0.1) is 0 Å². The number of rotatable bonds is 6. The molecule has 0 aliphatic heterocycles. The summed E-state index contributed by atoms with van der Waals surface area (Å²) in [6.45, 7) is 5.20. The molecule has 0 fully saturated rings. The first-order valence-corrected chi connectivity index (χ1v) is 7.45. The third-order valence-corrected chi connectivity index (χ3v) is 3.77. The van der Waals surface area contributed by atoms with Crippen LogP contribution in [-0.2, 0) is 6.42 Å². The summed E-state index contributed by atoms with van der Waals surface area (Å²) < 4.78 is 0. The minimum Gasteiger partial charge on any atom is -0.508 e. The van der Waals surface area contributed by atoms with Crippen LogP contribution in [0.1, 0.15) is 25.3 Å². The van der Waals surface area contributed by atoms with Gasteiger partial charge >= 0.3 is 0 Å². The van der Waals surface area contributed by atoms with Crippen molar-refractivity contribution in [1.29, 1.82) is 0 Å². The summed E-state index contributed by atoms with van der Waals surface area (Å²) in [5.74, 6) is 0.0516. The monoisotopic (exact) mass is 293 g/mol. The fraction of sp³-hybridized carbons (Fsp3) is 0.429. The Bertz CT molecular complexity index is 549. The first kappa shape index (κ1) is 14.7. The van der Waals surface area contributed by atoms with E-state index in [-0.39, 0.29) is 11.5 Å². The normalized spacial score (nSPS) is 11.2. The molecule has 0 atom stereocenters. The number of aryl methyl sites for hydroxylation is 1. The van der Waals surface area contributed by atoms with Gasteiger partial charge in [0.1, 0.15) is 21.5 Å². The Balaban J connectivity index is 1.98. The molecule has 1 aromatic carbocycles. The molecule has 2 rings (SSSR count). The molecular formula is C14H19N3O2S. The Hall–Kier alpha value is -1.66. The predicted molar refractivity (Wildman–Crippen MR) is 80.1 cm³/mol. The Labute approximate surface area is 122 Å². The zero-order valence-corrected chi connectivity index (χ0v) is 12.4. The highest BCUT2D eigenvalue weighted by Crippen LogP contribution is 2.30. The lowest BCUT2D eigenvalue weighted by atomic mass is 10.2. The molecule has 0 unspecified atom stereocenters. The van der Waals surface area contributed by atoms with Gasteiger partial charge in [-0.15, -0.1) is 10.2 Å². The maximum atomic E-state index is 9.48. The maximum absolute atomic E-state index is 9.48. The summed E-state index contributed by atoms with van der Waals surface area (Å²) in [4.78, 5) is 0. The van der Waals surface area contributed by atoms with E-state index in [4.69, 9.17) is 0 Å². The number of hydrogen-bond acceptors (Lipinski definition) is 6. The number of nitrogens with zero attached hydrogens (tertiary/aromatic N) is 2. The van der Waals surface area contributed by atoms with Crippen LogP contribution in [-0.4, -0.2) is 33.0 Å². The number of phenolic OH excluding ortho intramolecular Hbond substituents is 2. The lowest BCUT2D eigenvalue weighted by Crippen LogP contribution is -2.23. The van der Waals surface area contributed by atoms with Crippen molar-refractivity contribution in [3.63, 3.8) is 0 Å². The van der Waals surface area contributed by atoms with E-state index in [1.807, 2.05) is 0 Å². The summed E-state index contributed by atoms with van der Waals surface area (Å²) in [5, 5.41) is 32.2. The average molecular weight is 293 g/mol. The Morgan fingerprint density at radius 2 is 1.85 bits per heavy atom. The third kappa shape index (κ3) is 4.18. The van der Waals surface area contributed by atoms with Gasteiger partial charge in [-0.2, -0.15) is 0 Å². The van der Waals surface area contributed by atoms with Crippen LogP contribution in [0.4, 0.5) is 0 Å². The third-order valence-electron chi connectivity index (χ3n) is 2.74. The van der Waals surface area contributed by atoms with Crippen LogP contribution in [0.5, 0.6) is 11.5 Å². The van der Waals surface area contributed by atoms with Crippen molar-refractivity contribution in [3.05, 3.63) is 23.2 Å². The fourth-order valence-electron chi connectivity index (χ4n) is 1.82. The summed E-state index contributed by atoms with van der Waals surface area (Å²) in [6.07, 6.45) is 1.89. The molecule has 0 aliphatic carbocycles. The molecular weight excluding hydrogens is 274 g/mol. The van der Waals surface area contributed by atoms with Crippen molar-refractivity contribution < 1.29 is 10.2 Å². The smallest absolute Gasteiger partial charge is 0.148 e. The highest BCUT2D eigenvalue weighted by atomic mass is 32.1. The molecule has 2 aromatic rings. The van der Waals surface area contributed by atoms with Crippen LogP contribution >= 0.6 is 11.3 Å². The van der Waals surface area contributed by atoms with Crippen molar-refractivity contribution in [1.82, 2.24) is 15.5 Å². The maximum Gasteiger partial charge on any atom is 0.148 e. The van der Waals surface area contributed by atoms with Crippen molar-refractivity contribution in [3.8, 4) is 22.1 Å². The molecule has 0 bridgehead atoms. The summed E-state index contributed by atoms with van der Waals surface area (Å²) in [6, 6.07) is 4.94. The SMILES string of the molecule is CC(C)NCCCc1nnc(-c2cc(O)cc(O)c2)s1. The van der Waals surface area contributed by atoms with Crippen molar-refractivity contribution in [2.24, 2.45) is 0 Å². The Morgan fingerprint density at radius 3 is 2.50 bits per heavy atom. The van der Waals surface area contributed by atoms with Gasteiger partial charge in [0.2, 0.25) is 0 Å². The second-order valence-corrected chi connectivity index (χ2v) is 6.01. The molecule has 20 heavy (non-hydrogen) atoms. The number of hydrogen-bond donors (Lipinski definition) is 3. The van der Waals surface area contributed by atoms with Crippen LogP contribution in [0.25, 0.3) is 10.6 Å². The first-order valence-electron chi connectivity index (χ1n) is 6.64. The molecule has 108 valence electrons. The average Bonchev–Trinajstić information content (AvgIpc) is 2.82. The lowest BCUT2D eigenvalue weighted by Gasteiger charge is -2.05. The standard InChI is InChI=1S/C14H19N3O2S/c1-9(2)15-5-3-4-13-16-17-14(20-13)10-6-11(18)8-12(19)7-10/h6-9,15,18-19H,3-5H2,1-2H3. The van der Waals surface area contributed by atoms with Gasteiger partial charge in [0.25, 0.3) is 0 Å². The Kier molecular flexibility index (Phi) is 4.92. The molecule has 0 radical (unpaired) electrons. The van der Waals surface area contributed by atoms with E-state index in [0.717, 1.165) is 24.4 Å². The minimum absolute atomic E-state index is 0.0258. The lowest BCUT2D eigenvalue weighted by molar-refractivity contribution is 0.451. The number of aromatic hydroxyl groups is 2. The molecule has 5 nitrogen and oxygen atoms in total. The van der Waals surface area contributed by atoms with E-state index in [9.17, 15) is 10.2 Å². The van der Waals surface area contributed by atoms with Crippen LogP contribution in [0.2, 0.25) is 0 Å². The number of benzene rings is 1. The van der Waals surface area contributed by atoms with E-state index in [2.05, 4.69) is 29.4 Å². The number of aromatic nitrogens is 2. The van der Waals surface area contributed by atoms with E-state index in [1.54, 1.807) is 12.1 Å². The molecule has 1 aromatic heterocycles. The van der Waals surface area contributed by atoms with Gasteiger partial charge in [0, 0.05) is 24.1 Å². The largest absolute Gasteiger partial charge is 0.508 e. The molecule has 0 saturated carbocycles. The van der Waals surface area contributed by atoms with E-state index in [1.165, 1.54) is 17.4 Å². The van der Waals surface area contributed by atoms with Gasteiger partial charge in [-0.05, 0) is 25.1 Å². The van der Waals surface area contributed by atoms with Gasteiger partial charge in [0.15, 0.2) is 0 Å². The fourth-order valence-corrected chi connectivity index (χ4v) is 2.69. The topological polar surface area (TPSA) is 78.3 Å². The molecule has 1 heterocycles. The van der Waals surface area contributed by atoms with E-state index < -0.39 is 0 Å². The number of phenols is 2. The highest BCUT2D eigenvalue weighted by molar-refractivity contribution is 7.14. The second kappa shape index (κ2) is 6.67. The second-order valence-electron chi connectivity index (χ2n) is 4.95. The zero-order valence-electron chi connectivity index (χ0n) is 11.6. The van der Waals surface area contributed by atoms with Crippen molar-refractivity contribution in [2.45, 2.75) is 32.7 Å². The molecule has 0 amide bonds. The molecule has 0 spiro atoms. The molecule has 6 heteroatoms. The van der Waals surface area contributed by atoms with Gasteiger partial charge in [-0.1, -0.05) is 25.2 Å². The minimum atomic E-state index is 0.0258. The summed E-state index contributed by atoms with van der Waals surface area (Å²) in [5.41, 5.74) is 0.687. The van der Waals surface area contributed by atoms with Gasteiger partial charge in [-0.25, -0.2) is 0 Å². The van der Waals surface area contributed by atoms with Gasteiger partial charge in [-0.3, -0.25) is 0 Å². The van der Waals surface area contributed by atoms with Crippen LogP contribution in [0.3, 0.4) is 0 Å². The van der Waals surface area contributed by atoms with Crippen molar-refractivity contribution in [2.75, 3.05) is 6.54 Å². The van der Waals surface area contributed by atoms with Crippen LogP contribution in [0.15, 0.2) is 18.2 Å².